The lowest BCUT2D eigenvalue weighted by atomic mass is 9.83. The number of carbonyl (C=O) groups excluding carboxylic acids is 7. The lowest BCUT2D eigenvalue weighted by molar-refractivity contribution is -0.185. The molecule has 0 spiro atoms. The number of nitrogens with zero attached hydrogens (tertiary/aromatic N) is 2. The predicted molar refractivity (Wildman–Crippen MR) is 117 cm³/mol. The van der Waals surface area contributed by atoms with Crippen LogP contribution in [0.3, 0.4) is 0 Å². The number of hydrogen-bond donors (Lipinski definition) is 0. The number of ether oxygens (including phenoxy) is 6. The summed E-state index contributed by atoms with van der Waals surface area (Å²) in [4.78, 5) is 89.0. The second-order valence-corrected chi connectivity index (χ2v) is 8.01. The molecule has 0 aromatic carbocycles. The van der Waals surface area contributed by atoms with Gasteiger partial charge in [0.25, 0.3) is 0 Å². The van der Waals surface area contributed by atoms with Gasteiger partial charge in [-0.15, -0.1) is 0 Å². The summed E-state index contributed by atoms with van der Waals surface area (Å²) in [5.41, 5.74) is -3.76. The molecule has 0 aromatic rings. The molecule has 0 unspecified atom stereocenters. The Hall–Kier alpha value is -4.01. The first-order valence-electron chi connectivity index (χ1n) is 10.8. The molecule has 0 bridgehead atoms. The van der Waals surface area contributed by atoms with E-state index < -0.39 is 89.6 Å². The van der Waals surface area contributed by atoms with Gasteiger partial charge in [0.2, 0.25) is 0 Å². The van der Waals surface area contributed by atoms with E-state index in [1.807, 2.05) is 0 Å². The Labute approximate surface area is 211 Å². The maximum absolute atomic E-state index is 13.5. The first kappa shape index (κ1) is 29.2. The Kier molecular flexibility index (Phi) is 8.98. The van der Waals surface area contributed by atoms with Crippen LogP contribution in [0.2, 0.25) is 0 Å². The molecule has 37 heavy (non-hydrogen) atoms. The van der Waals surface area contributed by atoms with E-state index in [1.54, 1.807) is 0 Å². The number of fused-ring (bicyclic) bond motifs is 1. The van der Waals surface area contributed by atoms with Crippen molar-refractivity contribution in [3.63, 3.8) is 0 Å². The molecule has 2 heterocycles. The van der Waals surface area contributed by atoms with E-state index in [-0.39, 0.29) is 0 Å². The number of rotatable bonds is 9. The van der Waals surface area contributed by atoms with Crippen molar-refractivity contribution in [1.29, 1.82) is 0 Å². The molecule has 15 heteroatoms. The summed E-state index contributed by atoms with van der Waals surface area (Å²) >= 11 is 0. The van der Waals surface area contributed by atoms with E-state index in [9.17, 15) is 33.6 Å². The summed E-state index contributed by atoms with van der Waals surface area (Å²) in [6.45, 7) is 2.83. The van der Waals surface area contributed by atoms with Gasteiger partial charge in [-0.1, -0.05) is 0 Å². The second kappa shape index (κ2) is 11.4. The van der Waals surface area contributed by atoms with E-state index in [0.717, 1.165) is 52.3 Å². The zero-order valence-corrected chi connectivity index (χ0v) is 21.3. The molecule has 0 aromatic heterocycles. The fraction of sp³-hybridized carbons (Fsp3) is 0.591. The fourth-order valence-corrected chi connectivity index (χ4v) is 4.49. The van der Waals surface area contributed by atoms with E-state index >= 15 is 0 Å². The molecular formula is C22H28N2O13. The monoisotopic (exact) mass is 528 g/mol. The van der Waals surface area contributed by atoms with Crippen molar-refractivity contribution in [1.82, 2.24) is 10.0 Å². The highest BCUT2D eigenvalue weighted by Gasteiger charge is 2.69. The van der Waals surface area contributed by atoms with Crippen LogP contribution in [0.5, 0.6) is 0 Å². The standard InChI is InChI=1S/C22H28N2O13/c1-10(36-11(2)25)18(37-12(3)26)16-13(27)9-23-17(20(30)34-6)15(19(29)33-5)22(24(16)23,21(31)35-7)8-14(28)32-4/h10,16,18H,8-9H2,1-7H3/t10-,16-,18-,22-/m0/s1. The van der Waals surface area contributed by atoms with Gasteiger partial charge in [0.05, 0.1) is 41.4 Å². The van der Waals surface area contributed by atoms with Gasteiger partial charge in [0.1, 0.15) is 17.7 Å². The fourth-order valence-electron chi connectivity index (χ4n) is 4.49. The van der Waals surface area contributed by atoms with Gasteiger partial charge in [-0.05, 0) is 6.92 Å². The minimum atomic E-state index is -2.51. The van der Waals surface area contributed by atoms with Crippen molar-refractivity contribution in [3.05, 3.63) is 11.3 Å². The summed E-state index contributed by atoms with van der Waals surface area (Å²) in [6, 6.07) is -1.65. The molecule has 2 aliphatic heterocycles. The molecule has 2 aliphatic rings. The molecule has 2 rings (SSSR count). The lowest BCUT2D eigenvalue weighted by Crippen LogP contribution is -2.64. The van der Waals surface area contributed by atoms with E-state index in [1.165, 1.54) is 6.92 Å². The summed E-state index contributed by atoms with van der Waals surface area (Å²) in [7, 11) is 3.93. The van der Waals surface area contributed by atoms with Gasteiger partial charge in [-0.3, -0.25) is 24.2 Å². The molecule has 15 nitrogen and oxygen atoms in total. The van der Waals surface area contributed by atoms with Crippen molar-refractivity contribution >= 4 is 41.6 Å². The number of Topliss-reactive ketones (excluding diaryl/α,β-unsaturated/α-hetero) is 1. The molecule has 0 radical (unpaired) electrons. The molecule has 1 fully saturated rings. The van der Waals surface area contributed by atoms with E-state index in [0.29, 0.717) is 0 Å². The minimum Gasteiger partial charge on any atom is -0.469 e. The zero-order chi connectivity index (χ0) is 28.2. The van der Waals surface area contributed by atoms with Crippen LogP contribution in [0.25, 0.3) is 0 Å². The Bertz CT molecular complexity index is 1050. The molecule has 0 N–H and O–H groups in total. The molecule has 0 amide bonds. The van der Waals surface area contributed by atoms with Gasteiger partial charge >= 0.3 is 35.8 Å². The topological polar surface area (TPSA) is 181 Å². The first-order valence-corrected chi connectivity index (χ1v) is 10.8. The molecule has 204 valence electrons. The Morgan fingerprint density at radius 3 is 1.92 bits per heavy atom. The third-order valence-electron chi connectivity index (χ3n) is 5.81. The normalized spacial score (nSPS) is 22.5. The third kappa shape index (κ3) is 5.12. The van der Waals surface area contributed by atoms with Crippen LogP contribution in [0.4, 0.5) is 0 Å². The zero-order valence-electron chi connectivity index (χ0n) is 21.3. The van der Waals surface area contributed by atoms with Crippen LogP contribution in [-0.2, 0) is 62.0 Å². The van der Waals surface area contributed by atoms with Crippen molar-refractivity contribution in [3.8, 4) is 0 Å². The second-order valence-electron chi connectivity index (χ2n) is 8.01. The summed E-state index contributed by atoms with van der Waals surface area (Å²) in [5, 5.41) is 1.87. The summed E-state index contributed by atoms with van der Waals surface area (Å²) in [5.74, 6) is -7.00. The average molecular weight is 528 g/mol. The van der Waals surface area contributed by atoms with Crippen LogP contribution in [0.1, 0.15) is 27.2 Å². The highest BCUT2D eigenvalue weighted by Crippen LogP contribution is 2.48. The summed E-state index contributed by atoms with van der Waals surface area (Å²) in [6.07, 6.45) is -3.75. The highest BCUT2D eigenvalue weighted by molar-refractivity contribution is 6.11. The predicted octanol–water partition coefficient (Wildman–Crippen LogP) is -1.57. The van der Waals surface area contributed by atoms with Gasteiger partial charge in [0, 0.05) is 13.8 Å². The number of hydrogen-bond acceptors (Lipinski definition) is 15. The third-order valence-corrected chi connectivity index (χ3v) is 5.81. The highest BCUT2D eigenvalue weighted by atomic mass is 16.6. The van der Waals surface area contributed by atoms with Crippen LogP contribution in [-0.4, -0.2) is 110 Å². The van der Waals surface area contributed by atoms with Gasteiger partial charge in [-0.25, -0.2) is 14.4 Å². The molecule has 1 saturated heterocycles. The van der Waals surface area contributed by atoms with E-state index in [2.05, 4.69) is 0 Å². The molecule has 0 aliphatic carbocycles. The SMILES string of the molecule is COC(=O)C[C@@]1(C(=O)OC)C(C(=O)OC)=C(C(=O)OC)N2CC(=O)[C@@H]([C@@H](OC(C)=O)[C@H](C)OC(C)=O)N21. The average Bonchev–Trinajstić information content (AvgIpc) is 3.31. The van der Waals surface area contributed by atoms with Crippen molar-refractivity contribution in [2.75, 3.05) is 35.0 Å². The quantitative estimate of drug-likeness (QED) is 0.247. The van der Waals surface area contributed by atoms with Crippen LogP contribution in [0.15, 0.2) is 11.3 Å². The largest absolute Gasteiger partial charge is 0.469 e. The Balaban J connectivity index is 2.96. The van der Waals surface area contributed by atoms with E-state index in [4.69, 9.17) is 28.4 Å². The maximum Gasteiger partial charge on any atom is 0.356 e. The van der Waals surface area contributed by atoms with Crippen molar-refractivity contribution < 1.29 is 62.0 Å². The maximum atomic E-state index is 13.5. The molecular weight excluding hydrogens is 500 g/mol. The number of ketones is 1. The van der Waals surface area contributed by atoms with Gasteiger partial charge in [0.15, 0.2) is 23.1 Å². The van der Waals surface area contributed by atoms with Crippen molar-refractivity contribution in [2.24, 2.45) is 0 Å². The summed E-state index contributed by atoms with van der Waals surface area (Å²) < 4.78 is 29.8. The van der Waals surface area contributed by atoms with Crippen molar-refractivity contribution in [2.45, 2.75) is 51.0 Å². The number of hydrazine groups is 1. The van der Waals surface area contributed by atoms with Crippen LogP contribution >= 0.6 is 0 Å². The Morgan fingerprint density at radius 1 is 0.892 bits per heavy atom. The van der Waals surface area contributed by atoms with Crippen LogP contribution in [0, 0.1) is 0 Å². The number of esters is 6. The van der Waals surface area contributed by atoms with Gasteiger partial charge in [-0.2, -0.15) is 5.01 Å². The minimum absolute atomic E-state index is 0.582. The Morgan fingerprint density at radius 2 is 1.46 bits per heavy atom. The molecule has 4 atom stereocenters. The number of carbonyl (C=O) groups is 7. The lowest BCUT2D eigenvalue weighted by Gasteiger charge is -2.41. The first-order chi connectivity index (χ1) is 17.3. The van der Waals surface area contributed by atoms with Gasteiger partial charge < -0.3 is 28.4 Å². The number of methoxy groups -OCH3 is 4. The smallest absolute Gasteiger partial charge is 0.356 e. The molecule has 0 saturated carbocycles. The van der Waals surface area contributed by atoms with Crippen LogP contribution < -0.4 is 0 Å².